The van der Waals surface area contributed by atoms with Gasteiger partial charge in [0.15, 0.2) is 12.2 Å². The molecule has 0 unspecified atom stereocenters. The minimum atomic E-state index is -0.905. The molecule has 0 aromatic heterocycles. The zero-order valence-corrected chi connectivity index (χ0v) is 12.2. The fourth-order valence-corrected chi connectivity index (χ4v) is 1.78. The molecule has 0 bridgehead atoms. The molecule has 0 N–H and O–H groups in total. The number of hydrogen-bond acceptors (Lipinski definition) is 6. The lowest BCUT2D eigenvalue weighted by Gasteiger charge is -2.26. The zero-order chi connectivity index (χ0) is 15.8. The Morgan fingerprint density at radius 2 is 1.48 bits per heavy atom. The van der Waals surface area contributed by atoms with E-state index in [1.54, 1.807) is 30.3 Å². The Labute approximate surface area is 123 Å². The highest BCUT2D eigenvalue weighted by atomic mass is 16.6. The number of ether oxygens (including phenoxy) is 3. The van der Waals surface area contributed by atoms with Crippen molar-refractivity contribution in [1.82, 2.24) is 0 Å². The van der Waals surface area contributed by atoms with Gasteiger partial charge in [-0.25, -0.2) is 0 Å². The third kappa shape index (κ3) is 6.07. The van der Waals surface area contributed by atoms with Gasteiger partial charge in [0.2, 0.25) is 0 Å². The van der Waals surface area contributed by atoms with Crippen LogP contribution in [0.15, 0.2) is 30.3 Å². The lowest BCUT2D eigenvalue weighted by molar-refractivity contribution is -0.173. The molecule has 1 aromatic carbocycles. The zero-order valence-electron chi connectivity index (χ0n) is 12.2. The van der Waals surface area contributed by atoms with Crippen molar-refractivity contribution in [3.63, 3.8) is 0 Å². The van der Waals surface area contributed by atoms with Gasteiger partial charge in [0.25, 0.3) is 0 Å². The number of carbonyl (C=O) groups excluding carboxylic acids is 3. The molecule has 0 aliphatic rings. The molecule has 2 atom stereocenters. The average Bonchev–Trinajstić information content (AvgIpc) is 2.41. The van der Waals surface area contributed by atoms with E-state index in [2.05, 4.69) is 0 Å². The van der Waals surface area contributed by atoms with Gasteiger partial charge >= 0.3 is 17.9 Å². The second-order valence-corrected chi connectivity index (χ2v) is 4.39. The predicted molar refractivity (Wildman–Crippen MR) is 73.1 cm³/mol. The first-order valence-electron chi connectivity index (χ1n) is 6.43. The maximum atomic E-state index is 11.3. The Hall–Kier alpha value is -2.37. The van der Waals surface area contributed by atoms with Gasteiger partial charge in [-0.3, -0.25) is 14.4 Å². The Bertz CT molecular complexity index is 496. The fraction of sp³-hybridized carbons (Fsp3) is 0.400. The minimum Gasteiger partial charge on any atom is -0.462 e. The van der Waals surface area contributed by atoms with Crippen LogP contribution >= 0.6 is 0 Å². The second kappa shape index (κ2) is 8.04. The van der Waals surface area contributed by atoms with Gasteiger partial charge in [-0.2, -0.15) is 0 Å². The van der Waals surface area contributed by atoms with Gasteiger partial charge < -0.3 is 14.2 Å². The molecular formula is C15H18O6. The maximum Gasteiger partial charge on any atom is 0.303 e. The third-order valence-corrected chi connectivity index (χ3v) is 2.53. The van der Waals surface area contributed by atoms with Crippen molar-refractivity contribution in [3.8, 4) is 0 Å². The highest BCUT2D eigenvalue weighted by Crippen LogP contribution is 2.24. The molecule has 0 aliphatic carbocycles. The van der Waals surface area contributed by atoms with Crippen LogP contribution in [0, 0.1) is 0 Å². The highest BCUT2D eigenvalue weighted by Gasteiger charge is 2.30. The number of hydrogen-bond donors (Lipinski definition) is 0. The molecule has 6 heteroatoms. The van der Waals surface area contributed by atoms with Crippen molar-refractivity contribution < 1.29 is 28.6 Å². The van der Waals surface area contributed by atoms with E-state index in [4.69, 9.17) is 14.2 Å². The molecule has 114 valence electrons. The van der Waals surface area contributed by atoms with Gasteiger partial charge in [-0.1, -0.05) is 30.3 Å². The Kier molecular flexibility index (Phi) is 6.39. The molecule has 0 radical (unpaired) electrons. The molecule has 0 spiro atoms. The molecular weight excluding hydrogens is 276 g/mol. The summed E-state index contributed by atoms with van der Waals surface area (Å²) in [6.45, 7) is 3.54. The smallest absolute Gasteiger partial charge is 0.303 e. The summed E-state index contributed by atoms with van der Waals surface area (Å²) in [5, 5.41) is 0. The van der Waals surface area contributed by atoms with Crippen molar-refractivity contribution in [2.75, 3.05) is 6.61 Å². The summed E-state index contributed by atoms with van der Waals surface area (Å²) in [7, 11) is 0. The number of rotatable bonds is 6. The topological polar surface area (TPSA) is 78.9 Å². The van der Waals surface area contributed by atoms with Crippen LogP contribution in [0.1, 0.15) is 32.4 Å². The van der Waals surface area contributed by atoms with Gasteiger partial charge in [0.05, 0.1) is 0 Å². The molecule has 0 fully saturated rings. The maximum absolute atomic E-state index is 11.3. The first-order chi connectivity index (χ1) is 9.90. The first-order valence-corrected chi connectivity index (χ1v) is 6.43. The van der Waals surface area contributed by atoms with E-state index >= 15 is 0 Å². The number of carbonyl (C=O) groups is 3. The average molecular weight is 294 g/mol. The summed E-state index contributed by atoms with van der Waals surface area (Å²) in [5.74, 6) is -1.59. The van der Waals surface area contributed by atoms with Crippen molar-refractivity contribution >= 4 is 17.9 Å². The molecule has 0 heterocycles. The summed E-state index contributed by atoms with van der Waals surface area (Å²) in [5.41, 5.74) is 0.645. The molecule has 0 amide bonds. The van der Waals surface area contributed by atoms with Crippen LogP contribution in [-0.4, -0.2) is 30.6 Å². The van der Waals surface area contributed by atoms with Crippen LogP contribution in [0.5, 0.6) is 0 Å². The third-order valence-electron chi connectivity index (χ3n) is 2.53. The van der Waals surface area contributed by atoms with E-state index in [1.807, 2.05) is 0 Å². The van der Waals surface area contributed by atoms with E-state index in [0.29, 0.717) is 5.56 Å². The summed E-state index contributed by atoms with van der Waals surface area (Å²) >= 11 is 0. The Morgan fingerprint density at radius 3 is 1.95 bits per heavy atom. The van der Waals surface area contributed by atoms with Crippen LogP contribution in [0.3, 0.4) is 0 Å². The summed E-state index contributed by atoms with van der Waals surface area (Å²) in [6.07, 6.45) is -1.75. The summed E-state index contributed by atoms with van der Waals surface area (Å²) in [4.78, 5) is 33.4. The van der Waals surface area contributed by atoms with E-state index in [-0.39, 0.29) is 6.61 Å². The summed E-state index contributed by atoms with van der Waals surface area (Å²) < 4.78 is 15.2. The molecule has 1 rings (SSSR count). The van der Waals surface area contributed by atoms with Gasteiger partial charge in [0, 0.05) is 20.8 Å². The van der Waals surface area contributed by atoms with Crippen LogP contribution in [0.25, 0.3) is 0 Å². The van der Waals surface area contributed by atoms with Crippen molar-refractivity contribution in [2.24, 2.45) is 0 Å². The second-order valence-electron chi connectivity index (χ2n) is 4.39. The molecule has 6 nitrogen and oxygen atoms in total. The van der Waals surface area contributed by atoms with Crippen LogP contribution < -0.4 is 0 Å². The first kappa shape index (κ1) is 16.7. The van der Waals surface area contributed by atoms with Gasteiger partial charge in [0.1, 0.15) is 6.61 Å². The number of benzene rings is 1. The Morgan fingerprint density at radius 1 is 0.905 bits per heavy atom. The molecule has 0 aliphatic heterocycles. The van der Waals surface area contributed by atoms with Gasteiger partial charge in [-0.15, -0.1) is 0 Å². The standard InChI is InChI=1S/C15H18O6/c1-10(16)19-9-14(20-11(2)17)15(21-12(3)18)13-7-5-4-6-8-13/h4-8,14-15H,9H2,1-3H3/t14-,15-/m1/s1. The van der Waals surface area contributed by atoms with E-state index in [0.717, 1.165) is 0 Å². The van der Waals surface area contributed by atoms with Crippen molar-refractivity contribution in [3.05, 3.63) is 35.9 Å². The Balaban J connectivity index is 3.00. The van der Waals surface area contributed by atoms with Crippen molar-refractivity contribution in [2.45, 2.75) is 33.0 Å². The molecule has 0 saturated heterocycles. The van der Waals surface area contributed by atoms with Crippen LogP contribution in [0.4, 0.5) is 0 Å². The minimum absolute atomic E-state index is 0.193. The molecule has 0 saturated carbocycles. The summed E-state index contributed by atoms with van der Waals surface area (Å²) in [6, 6.07) is 8.81. The lowest BCUT2D eigenvalue weighted by atomic mass is 10.0. The van der Waals surface area contributed by atoms with Gasteiger partial charge in [-0.05, 0) is 5.56 Å². The van der Waals surface area contributed by atoms with Crippen molar-refractivity contribution in [1.29, 1.82) is 0 Å². The predicted octanol–water partition coefficient (Wildman–Crippen LogP) is 1.79. The van der Waals surface area contributed by atoms with E-state index in [9.17, 15) is 14.4 Å². The van der Waals surface area contributed by atoms with Crippen LogP contribution in [0.2, 0.25) is 0 Å². The monoisotopic (exact) mass is 294 g/mol. The quantitative estimate of drug-likeness (QED) is 0.588. The molecule has 1 aromatic rings. The number of esters is 3. The SMILES string of the molecule is CC(=O)OC[C@@H](OC(C)=O)[C@H](OC(C)=O)c1ccccc1. The highest BCUT2D eigenvalue weighted by molar-refractivity contribution is 5.68. The fourth-order valence-electron chi connectivity index (χ4n) is 1.78. The van der Waals surface area contributed by atoms with Crippen LogP contribution in [-0.2, 0) is 28.6 Å². The molecule has 21 heavy (non-hydrogen) atoms. The largest absolute Gasteiger partial charge is 0.462 e. The lowest BCUT2D eigenvalue weighted by Crippen LogP contribution is -2.32. The van der Waals surface area contributed by atoms with E-state index in [1.165, 1.54) is 20.8 Å². The van der Waals surface area contributed by atoms with E-state index < -0.39 is 30.1 Å². The normalized spacial score (nSPS) is 12.9.